The lowest BCUT2D eigenvalue weighted by Gasteiger charge is -2.33. The Balaban J connectivity index is 1.39. The molecule has 146 valence electrons. The summed E-state index contributed by atoms with van der Waals surface area (Å²) in [7, 11) is 0. The number of rotatable bonds is 4. The lowest BCUT2D eigenvalue weighted by molar-refractivity contribution is 0.162. The van der Waals surface area contributed by atoms with Crippen molar-refractivity contribution in [2.45, 2.75) is 65.1 Å². The number of carbonyl (C=O) groups excluding carboxylic acids is 1. The van der Waals surface area contributed by atoms with E-state index in [1.54, 1.807) is 0 Å². The smallest absolute Gasteiger partial charge is 0.317 e. The van der Waals surface area contributed by atoms with Gasteiger partial charge in [-0.15, -0.1) is 10.2 Å². The Morgan fingerprint density at radius 1 is 1.22 bits per heavy atom. The number of amides is 2. The van der Waals surface area contributed by atoms with Crippen LogP contribution in [0.1, 0.15) is 62.4 Å². The van der Waals surface area contributed by atoms with Gasteiger partial charge in [-0.2, -0.15) is 5.10 Å². The number of carbonyl (C=O) groups is 1. The zero-order valence-electron chi connectivity index (χ0n) is 16.4. The Bertz CT molecular complexity index is 801. The molecule has 0 aromatic carbocycles. The third-order valence-electron chi connectivity index (χ3n) is 5.72. The van der Waals surface area contributed by atoms with Gasteiger partial charge < -0.3 is 14.8 Å². The van der Waals surface area contributed by atoms with Crippen molar-refractivity contribution in [2.24, 2.45) is 5.92 Å². The Morgan fingerprint density at radius 2 is 2.00 bits per heavy atom. The van der Waals surface area contributed by atoms with E-state index in [4.69, 9.17) is 0 Å². The first-order valence-corrected chi connectivity index (χ1v) is 10.0. The van der Waals surface area contributed by atoms with Crippen molar-refractivity contribution >= 4 is 6.03 Å². The summed E-state index contributed by atoms with van der Waals surface area (Å²) < 4.78 is 4.22. The molecule has 4 heterocycles. The summed E-state index contributed by atoms with van der Waals surface area (Å²) in [5, 5.41) is 16.3. The molecule has 0 aliphatic carbocycles. The number of hydrogen-bond acceptors (Lipinski definition) is 4. The lowest BCUT2D eigenvalue weighted by Crippen LogP contribution is -2.47. The average molecular weight is 371 g/mol. The van der Waals surface area contributed by atoms with Gasteiger partial charge in [-0.1, -0.05) is 13.8 Å². The molecule has 8 heteroatoms. The number of urea groups is 1. The van der Waals surface area contributed by atoms with Crippen molar-refractivity contribution in [1.29, 1.82) is 0 Å². The standard InChI is InChI=1S/C19H29N7O/c1-13(2)17(18-23-22-16-5-4-8-25(16)18)21-19(27)24-9-6-15(7-10-24)26-12-14(3)11-20-26/h11-13,15,17H,4-10H2,1-3H3,(H,21,27)/t17-/m0/s1. The van der Waals surface area contributed by atoms with Gasteiger partial charge in [0.05, 0.1) is 18.3 Å². The van der Waals surface area contributed by atoms with Crippen molar-refractivity contribution in [3.8, 4) is 0 Å². The van der Waals surface area contributed by atoms with E-state index in [-0.39, 0.29) is 18.0 Å². The minimum Gasteiger partial charge on any atom is -0.328 e. The van der Waals surface area contributed by atoms with Gasteiger partial charge in [-0.05, 0) is 37.7 Å². The number of fused-ring (bicyclic) bond motifs is 1. The predicted molar refractivity (Wildman–Crippen MR) is 101 cm³/mol. The van der Waals surface area contributed by atoms with Gasteiger partial charge in [-0.25, -0.2) is 4.79 Å². The third-order valence-corrected chi connectivity index (χ3v) is 5.72. The summed E-state index contributed by atoms with van der Waals surface area (Å²) >= 11 is 0. The summed E-state index contributed by atoms with van der Waals surface area (Å²) in [6.45, 7) is 8.74. The van der Waals surface area contributed by atoms with E-state index >= 15 is 0 Å². The number of nitrogens with zero attached hydrogens (tertiary/aromatic N) is 6. The number of aromatic nitrogens is 5. The minimum absolute atomic E-state index is 0.000794. The van der Waals surface area contributed by atoms with E-state index in [0.717, 1.165) is 57.0 Å². The van der Waals surface area contributed by atoms with Crippen molar-refractivity contribution in [3.05, 3.63) is 29.6 Å². The number of piperidine rings is 1. The highest BCUT2D eigenvalue weighted by Crippen LogP contribution is 2.26. The zero-order valence-corrected chi connectivity index (χ0v) is 16.4. The van der Waals surface area contributed by atoms with Gasteiger partial charge >= 0.3 is 6.03 Å². The number of nitrogens with one attached hydrogen (secondary N) is 1. The minimum atomic E-state index is -0.108. The van der Waals surface area contributed by atoms with Crippen molar-refractivity contribution < 1.29 is 4.79 Å². The van der Waals surface area contributed by atoms with Crippen LogP contribution in [0, 0.1) is 12.8 Å². The molecule has 2 aliphatic heterocycles. The molecule has 0 unspecified atom stereocenters. The summed E-state index contributed by atoms with van der Waals surface area (Å²) in [5.74, 6) is 2.19. The summed E-state index contributed by atoms with van der Waals surface area (Å²) in [6.07, 6.45) is 7.93. The second-order valence-electron chi connectivity index (χ2n) is 8.12. The molecular formula is C19H29N7O. The van der Waals surface area contributed by atoms with E-state index in [1.807, 2.05) is 15.8 Å². The van der Waals surface area contributed by atoms with Gasteiger partial charge in [0.15, 0.2) is 5.82 Å². The molecule has 2 aliphatic rings. The topological polar surface area (TPSA) is 80.9 Å². The molecule has 2 amide bonds. The molecule has 0 saturated carbocycles. The molecule has 0 bridgehead atoms. The van der Waals surface area contributed by atoms with E-state index in [0.29, 0.717) is 6.04 Å². The highest BCUT2D eigenvalue weighted by Gasteiger charge is 2.30. The van der Waals surface area contributed by atoms with Crippen LogP contribution in [0.3, 0.4) is 0 Å². The summed E-state index contributed by atoms with van der Waals surface area (Å²) in [6, 6.07) is 0.269. The van der Waals surface area contributed by atoms with Gasteiger partial charge in [0, 0.05) is 32.3 Å². The molecule has 8 nitrogen and oxygen atoms in total. The van der Waals surface area contributed by atoms with E-state index in [9.17, 15) is 4.79 Å². The Hall–Kier alpha value is -2.38. The SMILES string of the molecule is Cc1cnn(C2CCN(C(=O)N[C@H](c3nnc4n3CCC4)C(C)C)CC2)c1. The molecule has 1 N–H and O–H groups in total. The Kier molecular flexibility index (Phi) is 4.88. The zero-order chi connectivity index (χ0) is 19.0. The maximum absolute atomic E-state index is 12.9. The van der Waals surface area contributed by atoms with Gasteiger partial charge in [-0.3, -0.25) is 4.68 Å². The fourth-order valence-electron chi connectivity index (χ4n) is 4.12. The second kappa shape index (κ2) is 7.32. The van der Waals surface area contributed by atoms with Gasteiger partial charge in [0.25, 0.3) is 0 Å². The van der Waals surface area contributed by atoms with Crippen LogP contribution in [0.5, 0.6) is 0 Å². The van der Waals surface area contributed by atoms with E-state index in [1.165, 1.54) is 5.56 Å². The van der Waals surface area contributed by atoms with Crippen LogP contribution < -0.4 is 5.32 Å². The fraction of sp³-hybridized carbons (Fsp3) is 0.684. The van der Waals surface area contributed by atoms with Crippen LogP contribution in [0.15, 0.2) is 12.4 Å². The average Bonchev–Trinajstić information content (AvgIpc) is 3.36. The molecule has 0 spiro atoms. The van der Waals surface area contributed by atoms with Gasteiger partial charge in [0.1, 0.15) is 5.82 Å². The molecule has 2 aromatic rings. The highest BCUT2D eigenvalue weighted by molar-refractivity contribution is 5.74. The van der Waals surface area contributed by atoms with Crippen LogP contribution >= 0.6 is 0 Å². The highest BCUT2D eigenvalue weighted by atomic mass is 16.2. The molecule has 0 radical (unpaired) electrons. The van der Waals surface area contributed by atoms with Crippen LogP contribution in [0.25, 0.3) is 0 Å². The van der Waals surface area contributed by atoms with Crippen molar-refractivity contribution in [3.63, 3.8) is 0 Å². The van der Waals surface area contributed by atoms with E-state index < -0.39 is 0 Å². The molecule has 1 saturated heterocycles. The molecule has 1 fully saturated rings. The van der Waals surface area contributed by atoms with E-state index in [2.05, 4.69) is 52.1 Å². The first kappa shape index (κ1) is 18.0. The fourth-order valence-corrected chi connectivity index (χ4v) is 4.12. The van der Waals surface area contributed by atoms with Crippen LogP contribution in [-0.4, -0.2) is 48.6 Å². The third kappa shape index (κ3) is 3.57. The quantitative estimate of drug-likeness (QED) is 0.895. The summed E-state index contributed by atoms with van der Waals surface area (Å²) in [4.78, 5) is 14.8. The lowest BCUT2D eigenvalue weighted by atomic mass is 10.0. The first-order chi connectivity index (χ1) is 13.0. The monoisotopic (exact) mass is 371 g/mol. The number of likely N-dealkylation sites (tertiary alicyclic amines) is 1. The number of hydrogen-bond donors (Lipinski definition) is 1. The van der Waals surface area contributed by atoms with Crippen molar-refractivity contribution in [1.82, 2.24) is 34.8 Å². The molecular weight excluding hydrogens is 342 g/mol. The molecule has 27 heavy (non-hydrogen) atoms. The van der Waals surface area contributed by atoms with Crippen molar-refractivity contribution in [2.75, 3.05) is 13.1 Å². The maximum atomic E-state index is 12.9. The molecule has 4 rings (SSSR count). The first-order valence-electron chi connectivity index (χ1n) is 10.0. The number of aryl methyl sites for hydroxylation is 2. The largest absolute Gasteiger partial charge is 0.328 e. The van der Waals surface area contributed by atoms with Crippen LogP contribution in [0.2, 0.25) is 0 Å². The molecule has 1 atom stereocenters. The maximum Gasteiger partial charge on any atom is 0.317 e. The van der Waals surface area contributed by atoms with Gasteiger partial charge in [0.2, 0.25) is 0 Å². The predicted octanol–water partition coefficient (Wildman–Crippen LogP) is 2.47. The second-order valence-corrected chi connectivity index (χ2v) is 8.12. The normalized spacial score (nSPS) is 18.7. The summed E-state index contributed by atoms with van der Waals surface area (Å²) in [5.41, 5.74) is 1.18. The Labute approximate surface area is 159 Å². The molecule has 2 aromatic heterocycles. The Morgan fingerprint density at radius 3 is 2.67 bits per heavy atom. The van der Waals surface area contributed by atoms with Crippen LogP contribution in [-0.2, 0) is 13.0 Å². The van der Waals surface area contributed by atoms with Crippen LogP contribution in [0.4, 0.5) is 4.79 Å².